The number of fused-ring (bicyclic) bond motifs is 1. The maximum atomic E-state index is 12.6. The van der Waals surface area contributed by atoms with E-state index in [4.69, 9.17) is 0 Å². The molecule has 0 saturated carbocycles. The van der Waals surface area contributed by atoms with Gasteiger partial charge in [-0.25, -0.2) is 14.6 Å². The number of piperazine rings is 1. The number of non-ortho nitro benzene ring substituents is 1. The van der Waals surface area contributed by atoms with Crippen LogP contribution in [-0.2, 0) is 11.3 Å². The fourth-order valence-corrected chi connectivity index (χ4v) is 3.99. The molecular weight excluding hydrogens is 448 g/mol. The van der Waals surface area contributed by atoms with Gasteiger partial charge >= 0.3 is 0 Å². The van der Waals surface area contributed by atoms with Gasteiger partial charge in [0.05, 0.1) is 11.5 Å². The third-order valence-corrected chi connectivity index (χ3v) is 5.87. The van der Waals surface area contributed by atoms with Crippen molar-refractivity contribution in [1.82, 2.24) is 29.9 Å². The van der Waals surface area contributed by atoms with E-state index >= 15 is 0 Å². The van der Waals surface area contributed by atoms with Crippen molar-refractivity contribution in [3.05, 3.63) is 88.2 Å². The van der Waals surface area contributed by atoms with Gasteiger partial charge in [0.2, 0.25) is 5.91 Å². The van der Waals surface area contributed by atoms with Crippen LogP contribution in [0.25, 0.3) is 17.2 Å². The molecule has 0 spiro atoms. The van der Waals surface area contributed by atoms with Crippen molar-refractivity contribution in [2.75, 3.05) is 31.1 Å². The van der Waals surface area contributed by atoms with E-state index in [-0.39, 0.29) is 11.6 Å². The molecule has 4 aromatic rings. The summed E-state index contributed by atoms with van der Waals surface area (Å²) in [6.45, 7) is 2.85. The third-order valence-electron chi connectivity index (χ3n) is 5.87. The summed E-state index contributed by atoms with van der Waals surface area (Å²) in [5, 5.41) is 19.4. The van der Waals surface area contributed by atoms with Crippen LogP contribution in [0.15, 0.2) is 67.0 Å². The largest absolute Gasteiger partial charge is 0.351 e. The van der Waals surface area contributed by atoms with E-state index in [1.807, 2.05) is 30.3 Å². The topological polar surface area (TPSA) is 123 Å². The summed E-state index contributed by atoms with van der Waals surface area (Å²) in [5.74, 6) is 0.604. The van der Waals surface area contributed by atoms with E-state index in [0.717, 1.165) is 11.1 Å². The molecule has 2 aromatic carbocycles. The smallest absolute Gasteiger partial charge is 0.269 e. The molecule has 0 bridgehead atoms. The van der Waals surface area contributed by atoms with E-state index in [1.165, 1.54) is 24.5 Å². The molecule has 0 atom stereocenters. The Hall–Kier alpha value is -4.67. The van der Waals surface area contributed by atoms with Gasteiger partial charge < -0.3 is 9.80 Å². The molecule has 11 heteroatoms. The van der Waals surface area contributed by atoms with Gasteiger partial charge in [0.1, 0.15) is 6.33 Å². The quantitative estimate of drug-likeness (QED) is 0.239. The summed E-state index contributed by atoms with van der Waals surface area (Å²) in [5.41, 5.74) is 3.16. The molecule has 11 nitrogen and oxygen atoms in total. The summed E-state index contributed by atoms with van der Waals surface area (Å²) in [6.07, 6.45) is 4.68. The van der Waals surface area contributed by atoms with Gasteiger partial charge in [0.15, 0.2) is 17.0 Å². The van der Waals surface area contributed by atoms with Crippen LogP contribution in [0, 0.1) is 10.1 Å². The minimum absolute atomic E-state index is 0.0172. The number of rotatable bonds is 6. The summed E-state index contributed by atoms with van der Waals surface area (Å²) in [4.78, 5) is 35.7. The SMILES string of the molecule is O=C(/C=C\c1ccc([N+](=O)[O-])cc1)N1CCN(c2ncnc3c2nnn3Cc2ccccc2)CC1. The highest BCUT2D eigenvalue weighted by Gasteiger charge is 2.24. The number of nitro groups is 1. The molecule has 0 aliphatic carbocycles. The Labute approximate surface area is 200 Å². The molecule has 3 heterocycles. The lowest BCUT2D eigenvalue weighted by Crippen LogP contribution is -2.48. The van der Waals surface area contributed by atoms with Gasteiger partial charge in [0, 0.05) is 44.4 Å². The minimum Gasteiger partial charge on any atom is -0.351 e. The molecule has 0 radical (unpaired) electrons. The van der Waals surface area contributed by atoms with Crippen LogP contribution in [0.5, 0.6) is 0 Å². The maximum absolute atomic E-state index is 12.6. The lowest BCUT2D eigenvalue weighted by molar-refractivity contribution is -0.384. The number of benzene rings is 2. The van der Waals surface area contributed by atoms with E-state index in [1.54, 1.807) is 27.8 Å². The predicted molar refractivity (Wildman–Crippen MR) is 130 cm³/mol. The molecule has 1 fully saturated rings. The molecular formula is C24H22N8O3. The first-order valence-corrected chi connectivity index (χ1v) is 11.1. The zero-order valence-electron chi connectivity index (χ0n) is 18.8. The first-order valence-electron chi connectivity index (χ1n) is 11.1. The standard InChI is InChI=1S/C24H22N8O3/c33-21(11-8-18-6-9-20(10-7-18)32(34)35)29-12-14-30(15-13-29)23-22-24(26-17-25-23)31(28-27-22)16-19-4-2-1-3-5-19/h1-11,17H,12-16H2/b11-8-. The second-order valence-electron chi connectivity index (χ2n) is 8.10. The van der Waals surface area contributed by atoms with E-state index in [9.17, 15) is 14.9 Å². The lowest BCUT2D eigenvalue weighted by atomic mass is 10.2. The summed E-state index contributed by atoms with van der Waals surface area (Å²) >= 11 is 0. The average molecular weight is 470 g/mol. The number of carbonyl (C=O) groups is 1. The Morgan fingerprint density at radius 2 is 1.74 bits per heavy atom. The number of hydrogen-bond acceptors (Lipinski definition) is 8. The molecule has 0 unspecified atom stereocenters. The Morgan fingerprint density at radius 1 is 1.00 bits per heavy atom. The van der Waals surface area contributed by atoms with Gasteiger partial charge in [-0.1, -0.05) is 35.5 Å². The normalized spacial score (nSPS) is 14.1. The third kappa shape index (κ3) is 4.83. The monoisotopic (exact) mass is 470 g/mol. The highest BCUT2D eigenvalue weighted by atomic mass is 16.6. The van der Waals surface area contributed by atoms with Gasteiger partial charge in [-0.2, -0.15) is 0 Å². The van der Waals surface area contributed by atoms with Crippen molar-refractivity contribution in [2.45, 2.75) is 6.54 Å². The number of anilines is 1. The Balaban J connectivity index is 1.23. The second-order valence-corrected chi connectivity index (χ2v) is 8.10. The first-order chi connectivity index (χ1) is 17.1. The van der Waals surface area contributed by atoms with Gasteiger partial charge in [-0.3, -0.25) is 14.9 Å². The molecule has 0 N–H and O–H groups in total. The average Bonchev–Trinajstić information content (AvgIpc) is 3.31. The van der Waals surface area contributed by atoms with Crippen LogP contribution >= 0.6 is 0 Å². The van der Waals surface area contributed by atoms with Crippen LogP contribution in [0.2, 0.25) is 0 Å². The van der Waals surface area contributed by atoms with E-state index in [2.05, 4.69) is 25.2 Å². The number of nitrogens with zero attached hydrogens (tertiary/aromatic N) is 8. The summed E-state index contributed by atoms with van der Waals surface area (Å²) in [6, 6.07) is 16.1. The van der Waals surface area contributed by atoms with Crippen molar-refractivity contribution >= 4 is 34.7 Å². The number of hydrogen-bond donors (Lipinski definition) is 0. The highest BCUT2D eigenvalue weighted by molar-refractivity contribution is 5.92. The molecule has 35 heavy (non-hydrogen) atoms. The van der Waals surface area contributed by atoms with Crippen LogP contribution in [0.4, 0.5) is 11.5 Å². The number of amides is 1. The van der Waals surface area contributed by atoms with Crippen molar-refractivity contribution < 1.29 is 9.72 Å². The minimum atomic E-state index is -0.451. The Morgan fingerprint density at radius 3 is 2.46 bits per heavy atom. The van der Waals surface area contributed by atoms with Crippen molar-refractivity contribution in [3.63, 3.8) is 0 Å². The zero-order chi connectivity index (χ0) is 24.2. The van der Waals surface area contributed by atoms with E-state index < -0.39 is 4.92 Å². The zero-order valence-corrected chi connectivity index (χ0v) is 18.8. The Bertz CT molecular complexity index is 1380. The van der Waals surface area contributed by atoms with E-state index in [0.29, 0.717) is 49.7 Å². The second kappa shape index (κ2) is 9.67. The first kappa shape index (κ1) is 22.1. The molecule has 176 valence electrons. The summed E-state index contributed by atoms with van der Waals surface area (Å²) < 4.78 is 1.76. The van der Waals surface area contributed by atoms with Crippen LogP contribution in [0.1, 0.15) is 11.1 Å². The van der Waals surface area contributed by atoms with Crippen LogP contribution in [-0.4, -0.2) is 66.9 Å². The molecule has 2 aromatic heterocycles. The van der Waals surface area contributed by atoms with Gasteiger partial charge in [0.25, 0.3) is 5.69 Å². The molecule has 1 amide bonds. The molecule has 1 aliphatic heterocycles. The van der Waals surface area contributed by atoms with Crippen LogP contribution < -0.4 is 4.90 Å². The van der Waals surface area contributed by atoms with Crippen LogP contribution in [0.3, 0.4) is 0 Å². The number of aromatic nitrogens is 5. The molecule has 1 aliphatic rings. The Kier molecular flexibility index (Phi) is 6.12. The van der Waals surface area contributed by atoms with Crippen molar-refractivity contribution in [1.29, 1.82) is 0 Å². The van der Waals surface area contributed by atoms with Crippen molar-refractivity contribution in [2.24, 2.45) is 0 Å². The fraction of sp³-hybridized carbons (Fsp3) is 0.208. The number of nitro benzene ring substituents is 1. The fourth-order valence-electron chi connectivity index (χ4n) is 3.99. The molecule has 5 rings (SSSR count). The predicted octanol–water partition coefficient (Wildman–Crippen LogP) is 2.54. The van der Waals surface area contributed by atoms with Gasteiger partial charge in [-0.05, 0) is 29.3 Å². The highest BCUT2D eigenvalue weighted by Crippen LogP contribution is 2.22. The van der Waals surface area contributed by atoms with Gasteiger partial charge in [-0.15, -0.1) is 5.10 Å². The number of carbonyl (C=O) groups excluding carboxylic acids is 1. The maximum Gasteiger partial charge on any atom is 0.269 e. The molecule has 1 saturated heterocycles. The van der Waals surface area contributed by atoms with Crippen molar-refractivity contribution in [3.8, 4) is 0 Å². The summed E-state index contributed by atoms with van der Waals surface area (Å²) in [7, 11) is 0. The lowest BCUT2D eigenvalue weighted by Gasteiger charge is -2.34.